The van der Waals surface area contributed by atoms with Crippen LogP contribution in [0.5, 0.6) is 0 Å². The van der Waals surface area contributed by atoms with E-state index in [0.717, 1.165) is 19.3 Å². The standard InChI is InChI=1S/C13H23F3N4.HI/c1-2-6-18-12(17)19-7-3-11-4-8-20(9-5-11)10-13(14,15)16;/h2,11H,1,3-10H2,(H3,17,18,19);1H. The van der Waals surface area contributed by atoms with E-state index in [4.69, 9.17) is 5.73 Å². The Labute approximate surface area is 141 Å². The summed E-state index contributed by atoms with van der Waals surface area (Å²) < 4.78 is 36.7. The maximum absolute atomic E-state index is 12.2. The van der Waals surface area contributed by atoms with E-state index in [1.54, 1.807) is 6.08 Å². The van der Waals surface area contributed by atoms with Crippen molar-refractivity contribution < 1.29 is 13.2 Å². The SMILES string of the molecule is C=CCNC(N)=NCCC1CCN(CC(F)(F)F)CC1.I. The molecule has 0 saturated carbocycles. The predicted octanol–water partition coefficient (Wildman–Crippen LogP) is 2.36. The van der Waals surface area contributed by atoms with Gasteiger partial charge in [-0.25, -0.2) is 0 Å². The van der Waals surface area contributed by atoms with Crippen molar-refractivity contribution in [3.63, 3.8) is 0 Å². The predicted molar refractivity (Wildman–Crippen MR) is 89.9 cm³/mol. The fraction of sp³-hybridized carbons (Fsp3) is 0.769. The monoisotopic (exact) mass is 420 g/mol. The topological polar surface area (TPSA) is 53.6 Å². The maximum Gasteiger partial charge on any atom is 0.401 e. The average Bonchev–Trinajstić information content (AvgIpc) is 2.37. The molecule has 1 aliphatic rings. The Hall–Kier alpha value is -0.510. The maximum atomic E-state index is 12.2. The van der Waals surface area contributed by atoms with Crippen LogP contribution < -0.4 is 11.1 Å². The molecular weight excluding hydrogens is 396 g/mol. The van der Waals surface area contributed by atoms with Crippen molar-refractivity contribution >= 4 is 29.9 Å². The molecule has 1 heterocycles. The number of hydrogen-bond donors (Lipinski definition) is 2. The van der Waals surface area contributed by atoms with Gasteiger partial charge in [0.15, 0.2) is 5.96 Å². The summed E-state index contributed by atoms with van der Waals surface area (Å²) >= 11 is 0. The first-order chi connectivity index (χ1) is 9.40. The lowest BCUT2D eigenvalue weighted by Gasteiger charge is -2.32. The van der Waals surface area contributed by atoms with Gasteiger partial charge in [0.2, 0.25) is 0 Å². The highest BCUT2D eigenvalue weighted by Crippen LogP contribution is 2.24. The van der Waals surface area contributed by atoms with Crippen molar-refractivity contribution in [1.29, 1.82) is 0 Å². The molecular formula is C13H24F3IN4. The molecule has 0 aromatic rings. The van der Waals surface area contributed by atoms with Gasteiger partial charge in [0.25, 0.3) is 0 Å². The summed E-state index contributed by atoms with van der Waals surface area (Å²) in [5.74, 6) is 0.829. The van der Waals surface area contributed by atoms with Crippen LogP contribution in [0.2, 0.25) is 0 Å². The molecule has 4 nitrogen and oxygen atoms in total. The van der Waals surface area contributed by atoms with Crippen molar-refractivity contribution in [2.24, 2.45) is 16.6 Å². The van der Waals surface area contributed by atoms with Gasteiger partial charge in [0, 0.05) is 13.1 Å². The van der Waals surface area contributed by atoms with Crippen LogP contribution in [0.25, 0.3) is 0 Å². The van der Waals surface area contributed by atoms with Crippen LogP contribution in [0.15, 0.2) is 17.6 Å². The summed E-state index contributed by atoms with van der Waals surface area (Å²) in [6, 6.07) is 0. The third-order valence-electron chi connectivity index (χ3n) is 3.36. The molecule has 1 fully saturated rings. The highest BCUT2D eigenvalue weighted by Gasteiger charge is 2.32. The van der Waals surface area contributed by atoms with Gasteiger partial charge in [-0.15, -0.1) is 30.6 Å². The molecule has 0 spiro atoms. The average molecular weight is 420 g/mol. The van der Waals surface area contributed by atoms with Crippen molar-refractivity contribution in [1.82, 2.24) is 10.2 Å². The van der Waals surface area contributed by atoms with Crippen LogP contribution in [0.1, 0.15) is 19.3 Å². The molecule has 1 aliphatic heterocycles. The highest BCUT2D eigenvalue weighted by atomic mass is 127. The largest absolute Gasteiger partial charge is 0.401 e. The van der Waals surface area contributed by atoms with Crippen molar-refractivity contribution in [3.05, 3.63) is 12.7 Å². The summed E-state index contributed by atoms with van der Waals surface area (Å²) in [6.07, 6.45) is 0.0642. The van der Waals surface area contributed by atoms with E-state index in [1.807, 2.05) is 0 Å². The number of rotatable bonds is 6. The highest BCUT2D eigenvalue weighted by molar-refractivity contribution is 14.0. The second-order valence-electron chi connectivity index (χ2n) is 5.06. The van der Waals surface area contributed by atoms with E-state index in [2.05, 4.69) is 16.9 Å². The van der Waals surface area contributed by atoms with Gasteiger partial charge in [0.05, 0.1) is 6.54 Å². The molecule has 1 rings (SSSR count). The van der Waals surface area contributed by atoms with Crippen molar-refractivity contribution in [2.75, 3.05) is 32.7 Å². The van der Waals surface area contributed by atoms with Crippen LogP contribution in [-0.4, -0.2) is 49.8 Å². The Morgan fingerprint density at radius 2 is 2.00 bits per heavy atom. The number of nitrogens with two attached hydrogens (primary N) is 1. The molecule has 8 heteroatoms. The molecule has 0 aliphatic carbocycles. The van der Waals surface area contributed by atoms with Gasteiger partial charge >= 0.3 is 6.18 Å². The molecule has 124 valence electrons. The third kappa shape index (κ3) is 9.94. The van der Waals surface area contributed by atoms with Gasteiger partial charge in [-0.3, -0.25) is 9.89 Å². The Bertz CT molecular complexity index is 326. The van der Waals surface area contributed by atoms with Gasteiger partial charge in [-0.2, -0.15) is 13.2 Å². The molecule has 0 amide bonds. The lowest BCUT2D eigenvalue weighted by Crippen LogP contribution is -2.40. The zero-order valence-corrected chi connectivity index (χ0v) is 14.4. The number of likely N-dealkylation sites (tertiary alicyclic amines) is 1. The van der Waals surface area contributed by atoms with Crippen molar-refractivity contribution in [2.45, 2.75) is 25.4 Å². The number of guanidine groups is 1. The first kappa shape index (κ1) is 20.5. The second-order valence-corrected chi connectivity index (χ2v) is 5.06. The van der Waals surface area contributed by atoms with Gasteiger partial charge in [-0.05, 0) is 38.3 Å². The Balaban J connectivity index is 0.00000400. The summed E-state index contributed by atoms with van der Waals surface area (Å²) in [7, 11) is 0. The molecule has 0 aromatic heterocycles. The Morgan fingerprint density at radius 3 is 2.52 bits per heavy atom. The summed E-state index contributed by atoms with van der Waals surface area (Å²) in [4.78, 5) is 5.65. The fourth-order valence-electron chi connectivity index (χ4n) is 2.29. The quantitative estimate of drug-likeness (QED) is 0.300. The number of nitrogens with one attached hydrogen (secondary N) is 1. The number of piperidine rings is 1. The van der Waals surface area contributed by atoms with E-state index < -0.39 is 12.7 Å². The lowest BCUT2D eigenvalue weighted by atomic mass is 9.93. The minimum atomic E-state index is -4.09. The first-order valence-electron chi connectivity index (χ1n) is 6.84. The normalized spacial score (nSPS) is 18.1. The molecule has 0 radical (unpaired) electrons. The number of aliphatic imine (C=N–C) groups is 1. The Morgan fingerprint density at radius 1 is 1.38 bits per heavy atom. The zero-order valence-electron chi connectivity index (χ0n) is 12.0. The summed E-state index contributed by atoms with van der Waals surface area (Å²) in [5.41, 5.74) is 5.62. The molecule has 0 aromatic carbocycles. The Kier molecular flexibility index (Phi) is 10.0. The van der Waals surface area contributed by atoms with Gasteiger partial charge in [-0.1, -0.05) is 6.08 Å². The van der Waals surface area contributed by atoms with Crippen LogP contribution in [-0.2, 0) is 0 Å². The smallest absolute Gasteiger partial charge is 0.370 e. The third-order valence-corrected chi connectivity index (χ3v) is 3.36. The van der Waals surface area contributed by atoms with Crippen LogP contribution >= 0.6 is 24.0 Å². The minimum Gasteiger partial charge on any atom is -0.370 e. The number of nitrogens with zero attached hydrogens (tertiary/aromatic N) is 2. The van der Waals surface area contributed by atoms with E-state index in [1.165, 1.54) is 4.90 Å². The summed E-state index contributed by atoms with van der Waals surface area (Å²) in [6.45, 7) is 4.98. The van der Waals surface area contributed by atoms with Crippen LogP contribution in [0.4, 0.5) is 13.2 Å². The minimum absolute atomic E-state index is 0. The van der Waals surface area contributed by atoms with E-state index in [-0.39, 0.29) is 24.0 Å². The number of halogens is 4. The van der Waals surface area contributed by atoms with Crippen LogP contribution in [0.3, 0.4) is 0 Å². The van der Waals surface area contributed by atoms with Crippen molar-refractivity contribution in [3.8, 4) is 0 Å². The number of alkyl halides is 3. The fourth-order valence-corrected chi connectivity index (χ4v) is 2.29. The second kappa shape index (κ2) is 10.3. The molecule has 1 saturated heterocycles. The van der Waals surface area contributed by atoms with E-state index in [9.17, 15) is 13.2 Å². The lowest BCUT2D eigenvalue weighted by molar-refractivity contribution is -0.148. The first-order valence-corrected chi connectivity index (χ1v) is 6.84. The van der Waals surface area contributed by atoms with Gasteiger partial charge in [0.1, 0.15) is 0 Å². The van der Waals surface area contributed by atoms with Crippen LogP contribution in [0, 0.1) is 5.92 Å². The molecule has 0 unspecified atom stereocenters. The molecule has 21 heavy (non-hydrogen) atoms. The number of hydrogen-bond acceptors (Lipinski definition) is 2. The van der Waals surface area contributed by atoms with E-state index in [0.29, 0.717) is 38.1 Å². The van der Waals surface area contributed by atoms with Gasteiger partial charge < -0.3 is 11.1 Å². The zero-order chi connectivity index (χ0) is 15.0. The molecule has 0 bridgehead atoms. The van der Waals surface area contributed by atoms with E-state index >= 15 is 0 Å². The molecule has 0 atom stereocenters. The molecule has 3 N–H and O–H groups in total. The summed E-state index contributed by atoms with van der Waals surface area (Å²) in [5, 5.41) is 2.88.